The lowest BCUT2D eigenvalue weighted by Crippen LogP contribution is -2.41. The van der Waals surface area contributed by atoms with Crippen molar-refractivity contribution in [1.29, 1.82) is 0 Å². The molecule has 0 spiro atoms. The van der Waals surface area contributed by atoms with E-state index in [2.05, 4.69) is 5.32 Å². The maximum absolute atomic E-state index is 13.0. The van der Waals surface area contributed by atoms with Crippen molar-refractivity contribution in [2.75, 3.05) is 17.4 Å². The molecule has 0 aliphatic rings. The molecule has 8 heteroatoms. The molecule has 2 rings (SSSR count). The number of sulfonamides is 1. The zero-order valence-electron chi connectivity index (χ0n) is 13.6. The van der Waals surface area contributed by atoms with Gasteiger partial charge in [0, 0.05) is 16.6 Å². The van der Waals surface area contributed by atoms with E-state index in [9.17, 15) is 13.2 Å². The highest BCUT2D eigenvalue weighted by atomic mass is 35.5. The predicted molar refractivity (Wildman–Crippen MR) is 101 cm³/mol. The van der Waals surface area contributed by atoms with E-state index in [1.165, 1.54) is 30.3 Å². The van der Waals surface area contributed by atoms with Crippen molar-refractivity contribution in [3.8, 4) is 0 Å². The van der Waals surface area contributed by atoms with Gasteiger partial charge in [-0.25, -0.2) is 8.42 Å². The maximum atomic E-state index is 13.0. The Labute approximate surface area is 157 Å². The second-order valence-corrected chi connectivity index (χ2v) is 8.03. The molecular weight excluding hydrogens is 383 g/mol. The number of hydrogen-bond donors (Lipinski definition) is 1. The van der Waals surface area contributed by atoms with Crippen LogP contribution in [0.3, 0.4) is 0 Å². The van der Waals surface area contributed by atoms with Crippen molar-refractivity contribution in [3.63, 3.8) is 0 Å². The molecule has 1 N–H and O–H groups in total. The monoisotopic (exact) mass is 400 g/mol. The number of nitrogens with one attached hydrogen (secondary N) is 1. The largest absolute Gasteiger partial charge is 0.355 e. The molecule has 2 aromatic carbocycles. The third-order valence-electron chi connectivity index (χ3n) is 3.36. The van der Waals surface area contributed by atoms with Crippen LogP contribution in [0.2, 0.25) is 10.0 Å². The van der Waals surface area contributed by atoms with Gasteiger partial charge in [0.15, 0.2) is 0 Å². The molecule has 0 aromatic heterocycles. The Morgan fingerprint density at radius 2 is 1.76 bits per heavy atom. The number of rotatable bonds is 7. The molecule has 0 saturated carbocycles. The second-order valence-electron chi connectivity index (χ2n) is 5.30. The zero-order valence-corrected chi connectivity index (χ0v) is 15.9. The van der Waals surface area contributed by atoms with Gasteiger partial charge >= 0.3 is 0 Å². The smallest absolute Gasteiger partial charge is 0.264 e. The first-order valence-corrected chi connectivity index (χ1v) is 9.84. The fourth-order valence-corrected chi connectivity index (χ4v) is 3.85. The first-order valence-electron chi connectivity index (χ1n) is 7.65. The summed E-state index contributed by atoms with van der Waals surface area (Å²) in [6, 6.07) is 12.1. The quantitative estimate of drug-likeness (QED) is 0.769. The summed E-state index contributed by atoms with van der Waals surface area (Å²) in [6.07, 6.45) is 0.757. The SMILES string of the molecule is CCCNC(=O)CN(c1cccc(Cl)c1)S(=O)(=O)c1ccc(Cl)cc1. The van der Waals surface area contributed by atoms with Crippen LogP contribution in [0.15, 0.2) is 53.4 Å². The van der Waals surface area contributed by atoms with E-state index >= 15 is 0 Å². The summed E-state index contributed by atoms with van der Waals surface area (Å²) in [5.41, 5.74) is 0.314. The van der Waals surface area contributed by atoms with Crippen LogP contribution in [0.4, 0.5) is 5.69 Å². The third kappa shape index (κ3) is 5.11. The first-order chi connectivity index (χ1) is 11.8. The third-order valence-corrected chi connectivity index (χ3v) is 5.63. The van der Waals surface area contributed by atoms with Crippen LogP contribution in [-0.2, 0) is 14.8 Å². The number of amides is 1. The van der Waals surface area contributed by atoms with Crippen molar-refractivity contribution < 1.29 is 13.2 Å². The molecule has 1 amide bonds. The molecule has 0 radical (unpaired) electrons. The number of anilines is 1. The first kappa shape index (κ1) is 19.6. The minimum atomic E-state index is -3.95. The van der Waals surface area contributed by atoms with E-state index in [0.29, 0.717) is 22.3 Å². The number of carbonyl (C=O) groups is 1. The maximum Gasteiger partial charge on any atom is 0.264 e. The molecule has 0 atom stereocenters. The van der Waals surface area contributed by atoms with Crippen LogP contribution in [0.1, 0.15) is 13.3 Å². The number of nitrogens with zero attached hydrogens (tertiary/aromatic N) is 1. The molecule has 134 valence electrons. The van der Waals surface area contributed by atoms with Crippen molar-refractivity contribution in [2.24, 2.45) is 0 Å². The van der Waals surface area contributed by atoms with Gasteiger partial charge in [0.1, 0.15) is 6.54 Å². The van der Waals surface area contributed by atoms with E-state index in [1.807, 2.05) is 6.92 Å². The Morgan fingerprint density at radius 3 is 2.36 bits per heavy atom. The van der Waals surface area contributed by atoms with Gasteiger partial charge < -0.3 is 5.32 Å². The summed E-state index contributed by atoms with van der Waals surface area (Å²) in [4.78, 5) is 12.2. The van der Waals surface area contributed by atoms with Gasteiger partial charge in [0.2, 0.25) is 5.91 Å². The lowest BCUT2D eigenvalue weighted by atomic mass is 10.3. The zero-order chi connectivity index (χ0) is 18.4. The highest BCUT2D eigenvalue weighted by molar-refractivity contribution is 7.92. The average Bonchev–Trinajstić information content (AvgIpc) is 2.58. The predicted octanol–water partition coefficient (Wildman–Crippen LogP) is 3.71. The number of benzene rings is 2. The molecule has 25 heavy (non-hydrogen) atoms. The van der Waals surface area contributed by atoms with E-state index < -0.39 is 10.0 Å². The molecule has 0 fully saturated rings. The van der Waals surface area contributed by atoms with E-state index in [4.69, 9.17) is 23.2 Å². The van der Waals surface area contributed by atoms with Gasteiger partial charge in [-0.2, -0.15) is 0 Å². The van der Waals surface area contributed by atoms with Crippen molar-refractivity contribution >= 4 is 44.8 Å². The van der Waals surface area contributed by atoms with E-state index in [1.54, 1.807) is 18.2 Å². The summed E-state index contributed by atoms with van der Waals surface area (Å²) in [5.74, 6) is -0.389. The standard InChI is InChI=1S/C17H18Cl2N2O3S/c1-2-10-20-17(22)12-21(15-5-3-4-14(19)11-15)25(23,24)16-8-6-13(18)7-9-16/h3-9,11H,2,10,12H2,1H3,(H,20,22). The van der Waals surface area contributed by atoms with Gasteiger partial charge in [-0.3, -0.25) is 9.10 Å². The van der Waals surface area contributed by atoms with E-state index in [0.717, 1.165) is 10.7 Å². The Morgan fingerprint density at radius 1 is 1.08 bits per heavy atom. The second kappa shape index (κ2) is 8.56. The fourth-order valence-electron chi connectivity index (χ4n) is 2.13. The number of carbonyl (C=O) groups excluding carboxylic acids is 1. The summed E-state index contributed by atoms with van der Waals surface area (Å²) >= 11 is 11.8. The van der Waals surface area contributed by atoms with Crippen LogP contribution in [0, 0.1) is 0 Å². The minimum absolute atomic E-state index is 0.0418. The Kier molecular flexibility index (Phi) is 6.70. The molecular formula is C17H18Cl2N2O3S. The summed E-state index contributed by atoms with van der Waals surface area (Å²) in [5, 5.41) is 3.48. The van der Waals surface area contributed by atoms with Crippen LogP contribution >= 0.6 is 23.2 Å². The van der Waals surface area contributed by atoms with Gasteiger partial charge in [0.05, 0.1) is 10.6 Å². The van der Waals surface area contributed by atoms with Gasteiger partial charge in [0.25, 0.3) is 10.0 Å². The Balaban J connectivity index is 2.42. The molecule has 0 heterocycles. The summed E-state index contributed by atoms with van der Waals surface area (Å²) < 4.78 is 27.1. The average molecular weight is 401 g/mol. The molecule has 5 nitrogen and oxygen atoms in total. The van der Waals surface area contributed by atoms with Crippen LogP contribution in [-0.4, -0.2) is 27.4 Å². The van der Waals surface area contributed by atoms with Crippen LogP contribution in [0.5, 0.6) is 0 Å². The van der Waals surface area contributed by atoms with E-state index in [-0.39, 0.29) is 17.3 Å². The van der Waals surface area contributed by atoms with Gasteiger partial charge in [-0.15, -0.1) is 0 Å². The highest BCUT2D eigenvalue weighted by Crippen LogP contribution is 2.26. The minimum Gasteiger partial charge on any atom is -0.355 e. The fraction of sp³-hybridized carbons (Fsp3) is 0.235. The Hall–Kier alpha value is -1.76. The molecule has 0 unspecified atom stereocenters. The summed E-state index contributed by atoms with van der Waals surface area (Å²) in [7, 11) is -3.95. The van der Waals surface area contributed by atoms with Crippen molar-refractivity contribution in [3.05, 3.63) is 58.6 Å². The molecule has 0 bridgehead atoms. The normalized spacial score (nSPS) is 11.2. The molecule has 0 aliphatic carbocycles. The molecule has 2 aromatic rings. The number of halogens is 2. The van der Waals surface area contributed by atoms with Crippen molar-refractivity contribution in [2.45, 2.75) is 18.2 Å². The molecule has 0 aliphatic heterocycles. The van der Waals surface area contributed by atoms with Gasteiger partial charge in [-0.1, -0.05) is 36.2 Å². The topological polar surface area (TPSA) is 66.5 Å². The molecule has 0 saturated heterocycles. The van der Waals surface area contributed by atoms with Gasteiger partial charge in [-0.05, 0) is 48.9 Å². The number of hydrogen-bond acceptors (Lipinski definition) is 3. The Bertz CT molecular complexity index is 839. The highest BCUT2D eigenvalue weighted by Gasteiger charge is 2.27. The van der Waals surface area contributed by atoms with Crippen molar-refractivity contribution in [1.82, 2.24) is 5.32 Å². The summed E-state index contributed by atoms with van der Waals surface area (Å²) in [6.45, 7) is 2.05. The lowest BCUT2D eigenvalue weighted by Gasteiger charge is -2.24. The van der Waals surface area contributed by atoms with Crippen LogP contribution < -0.4 is 9.62 Å². The lowest BCUT2D eigenvalue weighted by molar-refractivity contribution is -0.119. The van der Waals surface area contributed by atoms with Crippen LogP contribution in [0.25, 0.3) is 0 Å².